The Labute approximate surface area is 102 Å². The maximum absolute atomic E-state index is 5.08. The standard InChI is InChI=1S/C14H18N2O/c1-17-13-4-3-12(10-15-13)11-5-7-14(9-11)6-2-8-16-14/h3-5,10,16H,2,6-9H2,1H3. The van der Waals surface area contributed by atoms with E-state index in [1.807, 2.05) is 12.3 Å². The van der Waals surface area contributed by atoms with Crippen LogP contribution in [0.25, 0.3) is 5.57 Å². The molecule has 0 amide bonds. The number of pyridine rings is 1. The van der Waals surface area contributed by atoms with Gasteiger partial charge in [-0.2, -0.15) is 0 Å². The lowest BCUT2D eigenvalue weighted by Crippen LogP contribution is -2.36. The van der Waals surface area contributed by atoms with E-state index in [0.717, 1.165) is 12.8 Å². The van der Waals surface area contributed by atoms with E-state index in [2.05, 4.69) is 22.4 Å². The molecule has 3 rings (SSSR count). The zero-order valence-corrected chi connectivity index (χ0v) is 10.2. The smallest absolute Gasteiger partial charge is 0.212 e. The molecular weight excluding hydrogens is 212 g/mol. The van der Waals surface area contributed by atoms with Crippen LogP contribution in [0.15, 0.2) is 24.4 Å². The number of hydrogen-bond acceptors (Lipinski definition) is 3. The Morgan fingerprint density at radius 2 is 2.35 bits per heavy atom. The minimum atomic E-state index is 0.356. The van der Waals surface area contributed by atoms with Gasteiger partial charge in [0.15, 0.2) is 0 Å². The van der Waals surface area contributed by atoms with Crippen molar-refractivity contribution >= 4 is 5.57 Å². The summed E-state index contributed by atoms with van der Waals surface area (Å²) in [4.78, 5) is 4.27. The summed E-state index contributed by atoms with van der Waals surface area (Å²) in [5, 5.41) is 3.66. The molecule has 1 fully saturated rings. The van der Waals surface area contributed by atoms with Gasteiger partial charge in [-0.1, -0.05) is 6.08 Å². The first-order chi connectivity index (χ1) is 8.31. The van der Waals surface area contributed by atoms with E-state index in [1.165, 1.54) is 30.5 Å². The number of nitrogens with zero attached hydrogens (tertiary/aromatic N) is 1. The molecule has 0 radical (unpaired) electrons. The second kappa shape index (κ2) is 4.15. The third-order valence-corrected chi connectivity index (χ3v) is 3.92. The van der Waals surface area contributed by atoms with Crippen LogP contribution in [-0.2, 0) is 0 Å². The molecule has 1 aliphatic heterocycles. The SMILES string of the molecule is COc1ccc(C2=CCC3(CCCN3)C2)cn1. The summed E-state index contributed by atoms with van der Waals surface area (Å²) in [7, 11) is 1.65. The Kier molecular flexibility index (Phi) is 2.63. The molecule has 2 aliphatic rings. The van der Waals surface area contributed by atoms with Crippen LogP contribution in [0.1, 0.15) is 31.2 Å². The number of hydrogen-bond donors (Lipinski definition) is 1. The molecule has 1 unspecified atom stereocenters. The first kappa shape index (κ1) is 10.8. The van der Waals surface area contributed by atoms with Crippen molar-refractivity contribution in [1.82, 2.24) is 10.3 Å². The number of aromatic nitrogens is 1. The first-order valence-electron chi connectivity index (χ1n) is 6.26. The highest BCUT2D eigenvalue weighted by molar-refractivity contribution is 5.68. The molecule has 17 heavy (non-hydrogen) atoms. The Balaban J connectivity index is 1.77. The number of nitrogens with one attached hydrogen (secondary N) is 1. The first-order valence-corrected chi connectivity index (χ1v) is 6.26. The number of ether oxygens (including phenoxy) is 1. The van der Waals surface area contributed by atoms with Gasteiger partial charge in [-0.25, -0.2) is 4.98 Å². The molecule has 90 valence electrons. The Morgan fingerprint density at radius 3 is 3.00 bits per heavy atom. The average Bonchev–Trinajstić information content (AvgIpc) is 3.01. The normalized spacial score (nSPS) is 27.5. The fraction of sp³-hybridized carbons (Fsp3) is 0.500. The highest BCUT2D eigenvalue weighted by Gasteiger charge is 2.36. The maximum Gasteiger partial charge on any atom is 0.212 e. The van der Waals surface area contributed by atoms with Gasteiger partial charge in [0, 0.05) is 17.8 Å². The summed E-state index contributed by atoms with van der Waals surface area (Å²) in [6.45, 7) is 1.17. The largest absolute Gasteiger partial charge is 0.481 e. The van der Waals surface area contributed by atoms with Crippen molar-refractivity contribution in [2.75, 3.05) is 13.7 Å². The molecule has 1 saturated heterocycles. The Bertz CT molecular complexity index is 430. The summed E-state index contributed by atoms with van der Waals surface area (Å²) in [6, 6.07) is 4.04. The van der Waals surface area contributed by atoms with Gasteiger partial charge >= 0.3 is 0 Å². The van der Waals surface area contributed by atoms with Crippen LogP contribution in [0.3, 0.4) is 0 Å². The van der Waals surface area contributed by atoms with E-state index in [9.17, 15) is 0 Å². The molecule has 1 aromatic heterocycles. The van der Waals surface area contributed by atoms with Gasteiger partial charge in [-0.3, -0.25) is 0 Å². The highest BCUT2D eigenvalue weighted by Crippen LogP contribution is 2.40. The van der Waals surface area contributed by atoms with Crippen molar-refractivity contribution in [3.05, 3.63) is 30.0 Å². The quantitative estimate of drug-likeness (QED) is 0.847. The zero-order valence-electron chi connectivity index (χ0n) is 10.2. The highest BCUT2D eigenvalue weighted by atomic mass is 16.5. The van der Waals surface area contributed by atoms with Crippen LogP contribution in [0.4, 0.5) is 0 Å². The predicted octanol–water partition coefficient (Wildman–Crippen LogP) is 2.39. The van der Waals surface area contributed by atoms with Crippen LogP contribution < -0.4 is 10.1 Å². The second-order valence-corrected chi connectivity index (χ2v) is 5.01. The van der Waals surface area contributed by atoms with Crippen molar-refractivity contribution < 1.29 is 4.74 Å². The summed E-state index contributed by atoms with van der Waals surface area (Å²) in [5.41, 5.74) is 3.01. The molecule has 0 saturated carbocycles. The van der Waals surface area contributed by atoms with Crippen molar-refractivity contribution in [3.63, 3.8) is 0 Å². The Hall–Kier alpha value is -1.35. The third-order valence-electron chi connectivity index (χ3n) is 3.92. The predicted molar refractivity (Wildman–Crippen MR) is 68.0 cm³/mol. The molecular formula is C14H18N2O. The summed E-state index contributed by atoms with van der Waals surface area (Å²) in [6.07, 6.45) is 9.19. The fourth-order valence-electron chi connectivity index (χ4n) is 2.93. The molecule has 1 spiro atoms. The van der Waals surface area contributed by atoms with Gasteiger partial charge in [-0.15, -0.1) is 0 Å². The van der Waals surface area contributed by atoms with Gasteiger partial charge in [0.05, 0.1) is 7.11 Å². The van der Waals surface area contributed by atoms with E-state index < -0.39 is 0 Å². The topological polar surface area (TPSA) is 34.1 Å². The van der Waals surface area contributed by atoms with E-state index in [4.69, 9.17) is 4.74 Å². The van der Waals surface area contributed by atoms with Crippen LogP contribution in [0.2, 0.25) is 0 Å². The molecule has 1 aromatic rings. The minimum absolute atomic E-state index is 0.356. The molecule has 3 heteroatoms. The van der Waals surface area contributed by atoms with Gasteiger partial charge < -0.3 is 10.1 Å². The molecule has 3 nitrogen and oxygen atoms in total. The lowest BCUT2D eigenvalue weighted by atomic mass is 9.92. The third kappa shape index (κ3) is 1.95. The lowest BCUT2D eigenvalue weighted by molar-refractivity contribution is 0.397. The average molecular weight is 230 g/mol. The monoisotopic (exact) mass is 230 g/mol. The molecule has 2 heterocycles. The van der Waals surface area contributed by atoms with Crippen LogP contribution in [0.5, 0.6) is 5.88 Å². The number of rotatable bonds is 2. The van der Waals surface area contributed by atoms with Crippen molar-refractivity contribution in [3.8, 4) is 5.88 Å². The van der Waals surface area contributed by atoms with E-state index >= 15 is 0 Å². The summed E-state index contributed by atoms with van der Waals surface area (Å²) >= 11 is 0. The lowest BCUT2D eigenvalue weighted by Gasteiger charge is -2.23. The van der Waals surface area contributed by atoms with E-state index in [1.54, 1.807) is 7.11 Å². The van der Waals surface area contributed by atoms with Crippen molar-refractivity contribution in [2.45, 2.75) is 31.2 Å². The molecule has 1 aliphatic carbocycles. The van der Waals surface area contributed by atoms with Crippen LogP contribution in [-0.4, -0.2) is 24.2 Å². The minimum Gasteiger partial charge on any atom is -0.481 e. The van der Waals surface area contributed by atoms with Crippen LogP contribution in [0, 0.1) is 0 Å². The molecule has 1 N–H and O–H groups in total. The van der Waals surface area contributed by atoms with Gasteiger partial charge in [0.25, 0.3) is 0 Å². The van der Waals surface area contributed by atoms with Gasteiger partial charge in [-0.05, 0) is 49.4 Å². The molecule has 1 atom stereocenters. The second-order valence-electron chi connectivity index (χ2n) is 5.01. The van der Waals surface area contributed by atoms with Gasteiger partial charge in [0.1, 0.15) is 0 Å². The fourth-order valence-corrected chi connectivity index (χ4v) is 2.93. The van der Waals surface area contributed by atoms with Crippen LogP contribution >= 0.6 is 0 Å². The zero-order chi connectivity index (χ0) is 11.7. The number of methoxy groups -OCH3 is 1. The van der Waals surface area contributed by atoms with Crippen molar-refractivity contribution in [1.29, 1.82) is 0 Å². The van der Waals surface area contributed by atoms with Gasteiger partial charge in [0.2, 0.25) is 5.88 Å². The molecule has 0 aromatic carbocycles. The van der Waals surface area contributed by atoms with E-state index in [-0.39, 0.29) is 0 Å². The molecule has 0 bridgehead atoms. The maximum atomic E-state index is 5.08. The summed E-state index contributed by atoms with van der Waals surface area (Å²) < 4.78 is 5.08. The summed E-state index contributed by atoms with van der Waals surface area (Å²) in [5.74, 6) is 0.682. The van der Waals surface area contributed by atoms with Crippen molar-refractivity contribution in [2.24, 2.45) is 0 Å². The Morgan fingerprint density at radius 1 is 1.41 bits per heavy atom. The van der Waals surface area contributed by atoms with E-state index in [0.29, 0.717) is 11.4 Å².